The molecule has 0 spiro atoms. The minimum Gasteiger partial charge on any atom is -0.493 e. The molecule has 12 nitrogen and oxygen atoms in total. The predicted octanol–water partition coefficient (Wildman–Crippen LogP) is 3.92. The summed E-state index contributed by atoms with van der Waals surface area (Å²) in [6.07, 6.45) is -4.41. The number of halogens is 5. The number of aliphatic hydroxyl groups is 1. The number of pyridine rings is 2. The number of amides is 2. The van der Waals surface area contributed by atoms with Crippen LogP contribution in [-0.4, -0.2) is 64.0 Å². The van der Waals surface area contributed by atoms with Crippen LogP contribution in [0.5, 0.6) is 23.0 Å². The third-order valence-electron chi connectivity index (χ3n) is 8.70. The van der Waals surface area contributed by atoms with E-state index >= 15 is 0 Å². The second-order valence-corrected chi connectivity index (χ2v) is 12.1. The van der Waals surface area contributed by atoms with Crippen LogP contribution in [0.4, 0.5) is 22.0 Å². The summed E-state index contributed by atoms with van der Waals surface area (Å²) in [5.74, 6) is -2.40. The molecule has 1 aromatic carbocycles. The van der Waals surface area contributed by atoms with E-state index < -0.39 is 53.3 Å². The van der Waals surface area contributed by atoms with Crippen molar-refractivity contribution < 1.29 is 55.6 Å². The summed E-state index contributed by atoms with van der Waals surface area (Å²) >= 11 is 0. The summed E-state index contributed by atoms with van der Waals surface area (Å²) in [6, 6.07) is 5.48. The predicted molar refractivity (Wildman–Crippen MR) is 154 cm³/mol. The molecule has 1 saturated carbocycles. The molecule has 2 atom stereocenters. The van der Waals surface area contributed by atoms with E-state index in [4.69, 9.17) is 15.2 Å². The van der Waals surface area contributed by atoms with Crippen molar-refractivity contribution in [3.8, 4) is 34.3 Å². The Bertz CT molecular complexity index is 2010. The molecule has 0 radical (unpaired) electrons. The van der Waals surface area contributed by atoms with Crippen LogP contribution in [0.25, 0.3) is 16.9 Å². The maximum atomic E-state index is 14.8. The Morgan fingerprint density at radius 3 is 2.52 bits per heavy atom. The highest BCUT2D eigenvalue weighted by atomic mass is 19.4. The Labute approximate surface area is 267 Å². The number of fused-ring (bicyclic) bond motifs is 3. The average molecular weight is 676 g/mol. The van der Waals surface area contributed by atoms with E-state index in [1.807, 2.05) is 0 Å². The number of nitrogens with two attached hydrogens (primary N) is 1. The van der Waals surface area contributed by atoms with Crippen molar-refractivity contribution in [1.82, 2.24) is 19.7 Å². The summed E-state index contributed by atoms with van der Waals surface area (Å²) in [5.41, 5.74) is -0.345. The third kappa shape index (κ3) is 4.99. The van der Waals surface area contributed by atoms with Crippen LogP contribution < -0.4 is 30.0 Å². The second-order valence-electron chi connectivity index (χ2n) is 12.1. The molecule has 3 aliphatic rings. The molecule has 48 heavy (non-hydrogen) atoms. The van der Waals surface area contributed by atoms with Crippen molar-refractivity contribution in [1.29, 1.82) is 0 Å². The smallest absolute Gasteiger partial charge is 0.493 e. The van der Waals surface area contributed by atoms with Crippen LogP contribution in [0, 0.1) is 0 Å². The van der Waals surface area contributed by atoms with Gasteiger partial charge in [0.05, 0.1) is 30.6 Å². The number of nitrogens with zero attached hydrogens (tertiary/aromatic N) is 3. The van der Waals surface area contributed by atoms with E-state index in [0.29, 0.717) is 5.65 Å². The topological polar surface area (TPSA) is 160 Å². The van der Waals surface area contributed by atoms with Crippen molar-refractivity contribution in [2.45, 2.75) is 49.2 Å². The molecule has 7 rings (SSSR count). The van der Waals surface area contributed by atoms with Gasteiger partial charge in [-0.05, 0) is 50.1 Å². The van der Waals surface area contributed by atoms with E-state index in [-0.39, 0.29) is 52.2 Å². The molecular weight excluding hydrogens is 649 g/mol. The lowest BCUT2D eigenvalue weighted by atomic mass is 9.81. The van der Waals surface area contributed by atoms with E-state index in [0.717, 1.165) is 36.7 Å². The standard InChI is InChI=1S/C31H26F5N5O7/c1-28(27(37)43)13-46-24-17(28)9-22(40-23(24)15-5-6-19-20(7-15)48-31(35,36)47-19)29(44,30(32,33)34)12-38-26(42)16-8-21(45-2)25-39-18(14-3-4-14)11-41(25)10-16/h5-11,14,44H,3-4,12-13H2,1-2H3,(H2,37,43)(H,38,42)/t28-,29?/m0/s1. The first-order valence-electron chi connectivity index (χ1n) is 14.6. The van der Waals surface area contributed by atoms with Crippen molar-refractivity contribution in [3.63, 3.8) is 0 Å². The number of hydrogen-bond donors (Lipinski definition) is 3. The fourth-order valence-corrected chi connectivity index (χ4v) is 5.67. The van der Waals surface area contributed by atoms with Gasteiger partial charge in [0.25, 0.3) is 5.91 Å². The Balaban J connectivity index is 1.28. The van der Waals surface area contributed by atoms with Gasteiger partial charge in [0.1, 0.15) is 23.5 Å². The number of imidazole rings is 1. The number of nitrogens with one attached hydrogen (secondary N) is 1. The molecule has 0 bridgehead atoms. The number of rotatable bonds is 8. The first kappa shape index (κ1) is 31.4. The molecule has 3 aromatic heterocycles. The van der Waals surface area contributed by atoms with Crippen molar-refractivity contribution in [3.05, 3.63) is 65.2 Å². The lowest BCUT2D eigenvalue weighted by Crippen LogP contribution is -2.51. The molecular formula is C31H26F5N5O7. The van der Waals surface area contributed by atoms with Crippen LogP contribution in [0.15, 0.2) is 42.7 Å². The molecule has 2 aliphatic heterocycles. The number of carbonyl (C=O) groups is 2. The fraction of sp³-hybridized carbons (Fsp3) is 0.355. The Kier molecular flexibility index (Phi) is 6.81. The summed E-state index contributed by atoms with van der Waals surface area (Å²) in [6.45, 7) is -0.474. The van der Waals surface area contributed by atoms with Crippen LogP contribution in [-0.2, 0) is 15.8 Å². The largest absolute Gasteiger partial charge is 0.586 e. The molecule has 17 heteroatoms. The van der Waals surface area contributed by atoms with Gasteiger partial charge in [0, 0.05) is 29.4 Å². The fourth-order valence-electron chi connectivity index (χ4n) is 5.67. The van der Waals surface area contributed by atoms with Crippen LogP contribution in [0.3, 0.4) is 0 Å². The van der Waals surface area contributed by atoms with E-state index in [1.165, 1.54) is 36.8 Å². The Hall–Kier alpha value is -5.19. The van der Waals surface area contributed by atoms with E-state index in [2.05, 4.69) is 24.8 Å². The molecule has 2 amide bonds. The van der Waals surface area contributed by atoms with Gasteiger partial charge >= 0.3 is 12.5 Å². The van der Waals surface area contributed by atoms with Gasteiger partial charge < -0.3 is 39.5 Å². The number of ether oxygens (including phenoxy) is 4. The highest BCUT2D eigenvalue weighted by Gasteiger charge is 2.58. The maximum absolute atomic E-state index is 14.8. The van der Waals surface area contributed by atoms with Gasteiger partial charge in [-0.2, -0.15) is 13.2 Å². The van der Waals surface area contributed by atoms with E-state index in [9.17, 15) is 36.6 Å². The first-order chi connectivity index (χ1) is 22.5. The van der Waals surface area contributed by atoms with Gasteiger partial charge in [-0.1, -0.05) is 0 Å². The molecule has 1 aliphatic carbocycles. The third-order valence-corrected chi connectivity index (χ3v) is 8.70. The average Bonchev–Trinajstić information content (AvgIpc) is 3.57. The monoisotopic (exact) mass is 675 g/mol. The lowest BCUT2D eigenvalue weighted by molar-refractivity contribution is -0.286. The molecule has 5 heterocycles. The molecule has 4 N–H and O–H groups in total. The van der Waals surface area contributed by atoms with Crippen molar-refractivity contribution >= 4 is 17.5 Å². The zero-order chi connectivity index (χ0) is 34.4. The normalized spacial score (nSPS) is 20.6. The summed E-state index contributed by atoms with van der Waals surface area (Å²) in [5, 5.41) is 13.5. The summed E-state index contributed by atoms with van der Waals surface area (Å²) < 4.78 is 93.4. The molecule has 0 saturated heterocycles. The molecule has 252 valence electrons. The van der Waals surface area contributed by atoms with Gasteiger partial charge in [-0.15, -0.1) is 8.78 Å². The van der Waals surface area contributed by atoms with Crippen LogP contribution >= 0.6 is 0 Å². The quantitative estimate of drug-likeness (QED) is 0.235. The highest BCUT2D eigenvalue weighted by Crippen LogP contribution is 2.50. The summed E-state index contributed by atoms with van der Waals surface area (Å²) in [7, 11) is 1.36. The number of carbonyl (C=O) groups excluding carboxylic acids is 2. The van der Waals surface area contributed by atoms with Gasteiger partial charge in [0.15, 0.2) is 22.9 Å². The lowest BCUT2D eigenvalue weighted by Gasteiger charge is -2.31. The van der Waals surface area contributed by atoms with Crippen molar-refractivity contribution in [2.24, 2.45) is 5.73 Å². The number of methoxy groups -OCH3 is 1. The van der Waals surface area contributed by atoms with Gasteiger partial charge in [0.2, 0.25) is 11.5 Å². The SMILES string of the molecule is COc1cc(C(=O)NCC(O)(c2cc3c(c(-c4ccc5c(c4)OC(F)(F)O5)n2)OC[C@]3(C)C(N)=O)C(F)(F)F)cn2cc(C3CC3)nc12. The maximum Gasteiger partial charge on any atom is 0.586 e. The van der Waals surface area contributed by atoms with Crippen LogP contribution in [0.1, 0.15) is 53.0 Å². The van der Waals surface area contributed by atoms with E-state index in [1.54, 1.807) is 6.20 Å². The number of alkyl halides is 5. The summed E-state index contributed by atoms with van der Waals surface area (Å²) in [4.78, 5) is 34.4. The minimum atomic E-state index is -5.44. The van der Waals surface area contributed by atoms with Gasteiger partial charge in [-0.3, -0.25) is 9.59 Å². The highest BCUT2D eigenvalue weighted by molar-refractivity contribution is 5.95. The number of aromatic nitrogens is 3. The molecule has 1 fully saturated rings. The molecule has 1 unspecified atom stereocenters. The van der Waals surface area contributed by atoms with Gasteiger partial charge in [-0.25, -0.2) is 9.97 Å². The number of hydrogen-bond acceptors (Lipinski definition) is 9. The first-order valence-corrected chi connectivity index (χ1v) is 14.6. The number of benzene rings is 1. The van der Waals surface area contributed by atoms with Crippen molar-refractivity contribution in [2.75, 3.05) is 20.3 Å². The zero-order valence-electron chi connectivity index (χ0n) is 25.2. The van der Waals surface area contributed by atoms with Crippen LogP contribution in [0.2, 0.25) is 0 Å². The molecule has 4 aromatic rings. The Morgan fingerprint density at radius 1 is 1.12 bits per heavy atom. The minimum absolute atomic E-state index is 0.0678. The Morgan fingerprint density at radius 2 is 1.85 bits per heavy atom. The zero-order valence-corrected chi connectivity index (χ0v) is 25.2. The number of primary amides is 1. The second kappa shape index (κ2) is 10.4.